The molecular weight excluding hydrogens is 439 g/mol. The van der Waals surface area contributed by atoms with Gasteiger partial charge in [-0.15, -0.1) is 11.3 Å². The van der Waals surface area contributed by atoms with E-state index in [0.29, 0.717) is 17.0 Å². The molecule has 1 aromatic carbocycles. The summed E-state index contributed by atoms with van der Waals surface area (Å²) in [6.07, 6.45) is 0. The highest BCUT2D eigenvalue weighted by Crippen LogP contribution is 2.33. The quantitative estimate of drug-likeness (QED) is 0.299. The van der Waals surface area contributed by atoms with Gasteiger partial charge in [-0.1, -0.05) is 11.8 Å². The summed E-state index contributed by atoms with van der Waals surface area (Å²) < 4.78 is 39.6. The lowest BCUT2D eigenvalue weighted by Crippen LogP contribution is -2.34. The molecule has 30 heavy (non-hydrogen) atoms. The van der Waals surface area contributed by atoms with Crippen LogP contribution >= 0.6 is 23.1 Å². The van der Waals surface area contributed by atoms with Crippen LogP contribution in [0.3, 0.4) is 0 Å². The first kappa shape index (κ1) is 21.8. The van der Waals surface area contributed by atoms with Crippen LogP contribution in [-0.4, -0.2) is 34.1 Å². The molecule has 158 valence electrons. The standard InChI is InChI=1S/C18H16F3N5O2S2/c1-7-8(2)30-17-13(7)16(22)25-18(26-17)29-6-12(28)23-5-11(27)24-10-4-3-9(19)14(20)15(10)21/h3-4H,5-6H2,1-2H3,(H,23,28)(H,24,27)(H2,22,25,26). The summed E-state index contributed by atoms with van der Waals surface area (Å²) in [6.45, 7) is 3.41. The second-order valence-electron chi connectivity index (χ2n) is 6.19. The number of thioether (sulfide) groups is 1. The summed E-state index contributed by atoms with van der Waals surface area (Å²) in [5.74, 6) is -5.63. The van der Waals surface area contributed by atoms with Crippen molar-refractivity contribution in [3.63, 3.8) is 0 Å². The van der Waals surface area contributed by atoms with Gasteiger partial charge < -0.3 is 16.4 Å². The molecule has 2 amide bonds. The van der Waals surface area contributed by atoms with Gasteiger partial charge in [-0.25, -0.2) is 23.1 Å². The van der Waals surface area contributed by atoms with Crippen LogP contribution in [0.5, 0.6) is 0 Å². The molecule has 3 rings (SSSR count). The first-order chi connectivity index (χ1) is 14.2. The number of aryl methyl sites for hydroxylation is 2. The van der Waals surface area contributed by atoms with Crippen molar-refractivity contribution in [3.8, 4) is 0 Å². The molecule has 2 aromatic heterocycles. The molecule has 0 saturated carbocycles. The van der Waals surface area contributed by atoms with Gasteiger partial charge in [0.2, 0.25) is 11.8 Å². The number of nitrogens with two attached hydrogens (primary N) is 1. The van der Waals surface area contributed by atoms with Gasteiger partial charge in [-0.2, -0.15) is 0 Å². The molecule has 4 N–H and O–H groups in total. The number of hydrogen-bond acceptors (Lipinski definition) is 7. The highest BCUT2D eigenvalue weighted by molar-refractivity contribution is 7.99. The van der Waals surface area contributed by atoms with Crippen molar-refractivity contribution in [1.82, 2.24) is 15.3 Å². The van der Waals surface area contributed by atoms with Gasteiger partial charge in [-0.05, 0) is 31.5 Å². The summed E-state index contributed by atoms with van der Waals surface area (Å²) in [6, 6.07) is 1.57. The van der Waals surface area contributed by atoms with Gasteiger partial charge in [0.05, 0.1) is 23.4 Å². The maximum absolute atomic E-state index is 13.6. The predicted molar refractivity (Wildman–Crippen MR) is 110 cm³/mol. The molecular formula is C18H16F3N5O2S2. The number of aromatic nitrogens is 2. The van der Waals surface area contributed by atoms with Crippen molar-refractivity contribution in [3.05, 3.63) is 40.0 Å². The smallest absolute Gasteiger partial charge is 0.243 e. The third-order valence-corrected chi connectivity index (χ3v) is 6.07. The van der Waals surface area contributed by atoms with E-state index in [9.17, 15) is 22.8 Å². The van der Waals surface area contributed by atoms with Crippen LogP contribution in [0.25, 0.3) is 10.2 Å². The van der Waals surface area contributed by atoms with Gasteiger partial charge in [0.15, 0.2) is 22.6 Å². The Hall–Kier alpha value is -2.86. The molecule has 0 bridgehead atoms. The maximum Gasteiger partial charge on any atom is 0.243 e. The largest absolute Gasteiger partial charge is 0.383 e. The predicted octanol–water partition coefficient (Wildman–Crippen LogP) is 3.15. The van der Waals surface area contributed by atoms with Gasteiger partial charge in [0, 0.05) is 4.88 Å². The number of benzene rings is 1. The Kier molecular flexibility index (Phi) is 6.46. The third kappa shape index (κ3) is 4.65. The number of carbonyl (C=O) groups excluding carboxylic acids is 2. The molecule has 12 heteroatoms. The number of nitrogen functional groups attached to an aromatic ring is 1. The summed E-state index contributed by atoms with van der Waals surface area (Å²) in [4.78, 5) is 34.2. The van der Waals surface area contributed by atoms with Crippen molar-refractivity contribution in [2.45, 2.75) is 19.0 Å². The second-order valence-corrected chi connectivity index (χ2v) is 8.34. The minimum absolute atomic E-state index is 0.0822. The van der Waals surface area contributed by atoms with E-state index >= 15 is 0 Å². The lowest BCUT2D eigenvalue weighted by molar-refractivity contribution is -0.122. The fraction of sp³-hybridized carbons (Fsp3) is 0.222. The van der Waals surface area contributed by atoms with E-state index in [-0.39, 0.29) is 5.75 Å². The van der Waals surface area contributed by atoms with Gasteiger partial charge in [-0.3, -0.25) is 9.59 Å². The van der Waals surface area contributed by atoms with E-state index in [4.69, 9.17) is 5.73 Å². The number of nitrogens with zero attached hydrogens (tertiary/aromatic N) is 2. The number of nitrogens with one attached hydrogen (secondary N) is 2. The van der Waals surface area contributed by atoms with Crippen molar-refractivity contribution >= 4 is 56.6 Å². The van der Waals surface area contributed by atoms with Crippen molar-refractivity contribution in [1.29, 1.82) is 0 Å². The van der Waals surface area contributed by atoms with E-state index in [1.165, 1.54) is 11.3 Å². The van der Waals surface area contributed by atoms with E-state index in [0.717, 1.165) is 38.5 Å². The first-order valence-corrected chi connectivity index (χ1v) is 10.3. The molecule has 0 atom stereocenters. The summed E-state index contributed by atoms with van der Waals surface area (Å²) >= 11 is 2.52. The molecule has 0 saturated heterocycles. The summed E-state index contributed by atoms with van der Waals surface area (Å²) in [5.41, 5.74) is 6.48. The number of amides is 2. The monoisotopic (exact) mass is 455 g/mol. The van der Waals surface area contributed by atoms with Crippen molar-refractivity contribution in [2.75, 3.05) is 23.3 Å². The van der Waals surface area contributed by atoms with Gasteiger partial charge >= 0.3 is 0 Å². The van der Waals surface area contributed by atoms with Crippen LogP contribution in [-0.2, 0) is 9.59 Å². The zero-order valence-corrected chi connectivity index (χ0v) is 17.4. The average Bonchev–Trinajstić information content (AvgIpc) is 2.99. The highest BCUT2D eigenvalue weighted by atomic mass is 32.2. The number of anilines is 2. The number of halogens is 3. The Morgan fingerprint density at radius 1 is 1.13 bits per heavy atom. The first-order valence-electron chi connectivity index (χ1n) is 8.53. The van der Waals surface area contributed by atoms with E-state index in [1.807, 2.05) is 13.8 Å². The van der Waals surface area contributed by atoms with Gasteiger partial charge in [0.25, 0.3) is 0 Å². The Labute approximate surface area is 177 Å². The maximum atomic E-state index is 13.6. The summed E-state index contributed by atoms with van der Waals surface area (Å²) in [5, 5.41) is 5.52. The zero-order valence-electron chi connectivity index (χ0n) is 15.8. The molecule has 2 heterocycles. The Morgan fingerprint density at radius 3 is 2.60 bits per heavy atom. The lowest BCUT2D eigenvalue weighted by atomic mass is 10.2. The number of carbonyl (C=O) groups is 2. The molecule has 0 aliphatic rings. The van der Waals surface area contributed by atoms with E-state index in [2.05, 4.69) is 20.6 Å². The fourth-order valence-corrected chi connectivity index (χ4v) is 4.28. The number of thiophene rings is 1. The minimum atomic E-state index is -1.69. The normalized spacial score (nSPS) is 11.0. The number of fused-ring (bicyclic) bond motifs is 1. The third-order valence-electron chi connectivity index (χ3n) is 4.12. The molecule has 0 radical (unpaired) electrons. The highest BCUT2D eigenvalue weighted by Gasteiger charge is 2.16. The molecule has 0 unspecified atom stereocenters. The van der Waals surface area contributed by atoms with Crippen molar-refractivity contribution in [2.24, 2.45) is 0 Å². The molecule has 0 aliphatic carbocycles. The van der Waals surface area contributed by atoms with E-state index < -0.39 is 41.5 Å². The van der Waals surface area contributed by atoms with Crippen LogP contribution in [0.2, 0.25) is 0 Å². The molecule has 7 nitrogen and oxygen atoms in total. The fourth-order valence-electron chi connectivity index (χ4n) is 2.50. The number of hydrogen-bond donors (Lipinski definition) is 3. The molecule has 3 aromatic rings. The SMILES string of the molecule is Cc1sc2nc(SCC(=O)NCC(=O)Nc3ccc(F)c(F)c3F)nc(N)c2c1C. The molecule has 0 fully saturated rings. The zero-order chi connectivity index (χ0) is 22.0. The van der Waals surface area contributed by atoms with Crippen LogP contribution in [0.4, 0.5) is 24.7 Å². The minimum Gasteiger partial charge on any atom is -0.383 e. The van der Waals surface area contributed by atoms with Crippen molar-refractivity contribution < 1.29 is 22.8 Å². The van der Waals surface area contributed by atoms with Crippen LogP contribution in [0, 0.1) is 31.3 Å². The van der Waals surface area contributed by atoms with Gasteiger partial charge in [0.1, 0.15) is 10.6 Å². The average molecular weight is 455 g/mol. The van der Waals surface area contributed by atoms with Crippen LogP contribution < -0.4 is 16.4 Å². The molecule has 0 spiro atoms. The number of rotatable bonds is 6. The van der Waals surface area contributed by atoms with E-state index in [1.54, 1.807) is 0 Å². The Balaban J connectivity index is 1.53. The molecule has 0 aliphatic heterocycles. The van der Waals surface area contributed by atoms with Crippen LogP contribution in [0.1, 0.15) is 10.4 Å². The Bertz CT molecular complexity index is 1150. The van der Waals surface area contributed by atoms with Crippen LogP contribution in [0.15, 0.2) is 17.3 Å². The Morgan fingerprint density at radius 2 is 1.87 bits per heavy atom. The topological polar surface area (TPSA) is 110 Å². The lowest BCUT2D eigenvalue weighted by Gasteiger charge is -2.08. The summed E-state index contributed by atoms with van der Waals surface area (Å²) in [7, 11) is 0. The second kappa shape index (κ2) is 8.88.